The molecule has 3 N–H and O–H groups in total. The quantitative estimate of drug-likeness (QED) is 0.429. The predicted octanol–water partition coefficient (Wildman–Crippen LogP) is 2.54. The largest absolute Gasteiger partial charge is 0.356 e. The van der Waals surface area contributed by atoms with Gasteiger partial charge in [-0.3, -0.25) is 14.8 Å². The van der Waals surface area contributed by atoms with Gasteiger partial charge in [0.05, 0.1) is 5.52 Å². The summed E-state index contributed by atoms with van der Waals surface area (Å²) in [5.41, 5.74) is 4.06. The van der Waals surface area contributed by atoms with Crippen molar-refractivity contribution in [3.05, 3.63) is 77.5 Å². The number of carbonyl (C=O) groups is 1. The second kappa shape index (κ2) is 10.2. The fourth-order valence-corrected chi connectivity index (χ4v) is 3.24. The highest BCUT2D eigenvalue weighted by molar-refractivity contribution is 5.94. The van der Waals surface area contributed by atoms with Crippen LogP contribution in [-0.2, 0) is 12.8 Å². The second-order valence-corrected chi connectivity index (χ2v) is 6.70. The summed E-state index contributed by atoms with van der Waals surface area (Å²) in [4.78, 5) is 20.5. The molecule has 1 heterocycles. The van der Waals surface area contributed by atoms with Crippen LogP contribution in [0.3, 0.4) is 0 Å². The number of amides is 1. The first kappa shape index (κ1) is 20.3. The van der Waals surface area contributed by atoms with Gasteiger partial charge in [0, 0.05) is 44.3 Å². The number of hydrogen-bond donors (Lipinski definition) is 3. The predicted molar refractivity (Wildman–Crippen MR) is 118 cm³/mol. The van der Waals surface area contributed by atoms with Gasteiger partial charge in [-0.1, -0.05) is 36.4 Å². The van der Waals surface area contributed by atoms with Crippen LogP contribution in [0.2, 0.25) is 0 Å². The van der Waals surface area contributed by atoms with E-state index in [1.54, 1.807) is 14.1 Å². The zero-order valence-electron chi connectivity index (χ0n) is 16.9. The van der Waals surface area contributed by atoms with Crippen molar-refractivity contribution in [3.63, 3.8) is 0 Å². The average Bonchev–Trinajstić information content (AvgIpc) is 2.77. The SMILES string of the molecule is CN=C(NCCc1cccc(C(=O)NC)c1)NCCc1cccc2cccnc12. The van der Waals surface area contributed by atoms with Crippen molar-refractivity contribution >= 4 is 22.8 Å². The molecular weight excluding hydrogens is 362 g/mol. The van der Waals surface area contributed by atoms with Crippen molar-refractivity contribution in [2.45, 2.75) is 12.8 Å². The molecule has 0 saturated carbocycles. The maximum absolute atomic E-state index is 11.8. The minimum Gasteiger partial charge on any atom is -0.356 e. The Bertz CT molecular complexity index is 994. The molecule has 6 nitrogen and oxygen atoms in total. The van der Waals surface area contributed by atoms with E-state index in [0.29, 0.717) is 5.56 Å². The van der Waals surface area contributed by atoms with Crippen LogP contribution in [0.25, 0.3) is 10.9 Å². The van der Waals surface area contributed by atoms with Gasteiger partial charge in [-0.05, 0) is 42.2 Å². The van der Waals surface area contributed by atoms with E-state index in [4.69, 9.17) is 0 Å². The van der Waals surface area contributed by atoms with E-state index in [9.17, 15) is 4.79 Å². The van der Waals surface area contributed by atoms with Crippen molar-refractivity contribution in [2.75, 3.05) is 27.2 Å². The molecular formula is C23H27N5O. The number of aliphatic imine (C=N–C) groups is 1. The lowest BCUT2D eigenvalue weighted by molar-refractivity contribution is 0.0963. The van der Waals surface area contributed by atoms with Crippen molar-refractivity contribution in [3.8, 4) is 0 Å². The average molecular weight is 390 g/mol. The highest BCUT2D eigenvalue weighted by Crippen LogP contribution is 2.15. The van der Waals surface area contributed by atoms with Crippen molar-refractivity contribution in [2.24, 2.45) is 4.99 Å². The third-order valence-corrected chi connectivity index (χ3v) is 4.75. The van der Waals surface area contributed by atoms with E-state index in [2.05, 4.69) is 50.2 Å². The van der Waals surface area contributed by atoms with Crippen molar-refractivity contribution in [1.82, 2.24) is 20.9 Å². The van der Waals surface area contributed by atoms with Crippen LogP contribution in [0, 0.1) is 0 Å². The lowest BCUT2D eigenvalue weighted by atomic mass is 10.1. The molecule has 0 saturated heterocycles. The van der Waals surface area contributed by atoms with Crippen LogP contribution in [0.4, 0.5) is 0 Å². The molecule has 2 aromatic carbocycles. The Morgan fingerprint density at radius 2 is 1.76 bits per heavy atom. The molecule has 1 amide bonds. The number of rotatable bonds is 7. The Labute approximate surface area is 171 Å². The zero-order chi connectivity index (χ0) is 20.5. The normalized spacial score (nSPS) is 11.3. The van der Waals surface area contributed by atoms with Crippen molar-refractivity contribution in [1.29, 1.82) is 0 Å². The second-order valence-electron chi connectivity index (χ2n) is 6.70. The van der Waals surface area contributed by atoms with Gasteiger partial charge in [-0.2, -0.15) is 0 Å². The van der Waals surface area contributed by atoms with Gasteiger partial charge in [0.2, 0.25) is 0 Å². The van der Waals surface area contributed by atoms with Gasteiger partial charge >= 0.3 is 0 Å². The summed E-state index contributed by atoms with van der Waals surface area (Å²) >= 11 is 0. The molecule has 0 aliphatic rings. The molecule has 0 fully saturated rings. The van der Waals surface area contributed by atoms with Gasteiger partial charge < -0.3 is 16.0 Å². The molecule has 0 radical (unpaired) electrons. The zero-order valence-corrected chi connectivity index (χ0v) is 16.9. The summed E-state index contributed by atoms with van der Waals surface area (Å²) in [5, 5.41) is 10.5. The van der Waals surface area contributed by atoms with E-state index in [0.717, 1.165) is 48.4 Å². The molecule has 0 unspecified atom stereocenters. The standard InChI is InChI=1S/C23H27N5O/c1-24-22(29)20-9-3-6-17(16-20)11-14-27-23(25-2)28-15-12-19-8-4-7-18-10-5-13-26-21(18)19/h3-10,13,16H,11-12,14-15H2,1-2H3,(H,24,29)(H2,25,27,28). The number of guanidine groups is 1. The fourth-order valence-electron chi connectivity index (χ4n) is 3.24. The third kappa shape index (κ3) is 5.54. The number of aromatic nitrogens is 1. The molecule has 29 heavy (non-hydrogen) atoms. The van der Waals surface area contributed by atoms with Crippen LogP contribution in [-0.4, -0.2) is 44.0 Å². The highest BCUT2D eigenvalue weighted by atomic mass is 16.1. The molecule has 0 spiro atoms. The topological polar surface area (TPSA) is 78.4 Å². The summed E-state index contributed by atoms with van der Waals surface area (Å²) in [7, 11) is 3.40. The molecule has 150 valence electrons. The number of benzene rings is 2. The maximum Gasteiger partial charge on any atom is 0.251 e. The van der Waals surface area contributed by atoms with Crippen LogP contribution in [0.1, 0.15) is 21.5 Å². The molecule has 1 aromatic heterocycles. The number of pyridine rings is 1. The van der Waals surface area contributed by atoms with Gasteiger partial charge in [0.15, 0.2) is 5.96 Å². The Kier molecular flexibility index (Phi) is 7.16. The Morgan fingerprint density at radius 3 is 2.55 bits per heavy atom. The molecule has 3 rings (SSSR count). The Balaban J connectivity index is 1.48. The molecule has 6 heteroatoms. The summed E-state index contributed by atoms with van der Waals surface area (Å²) in [6.45, 7) is 1.49. The van der Waals surface area contributed by atoms with Crippen LogP contribution in [0.15, 0.2) is 65.8 Å². The first-order valence-electron chi connectivity index (χ1n) is 9.79. The van der Waals surface area contributed by atoms with Gasteiger partial charge in [-0.15, -0.1) is 0 Å². The fraction of sp³-hybridized carbons (Fsp3) is 0.261. The minimum atomic E-state index is -0.0692. The number of fused-ring (bicyclic) bond motifs is 1. The number of hydrogen-bond acceptors (Lipinski definition) is 3. The maximum atomic E-state index is 11.8. The monoisotopic (exact) mass is 389 g/mol. The van der Waals surface area contributed by atoms with Crippen LogP contribution < -0.4 is 16.0 Å². The molecule has 0 bridgehead atoms. The lowest BCUT2D eigenvalue weighted by Gasteiger charge is -2.13. The number of nitrogens with one attached hydrogen (secondary N) is 3. The molecule has 0 aliphatic carbocycles. The Morgan fingerprint density at radius 1 is 1.00 bits per heavy atom. The van der Waals surface area contributed by atoms with Crippen LogP contribution >= 0.6 is 0 Å². The van der Waals surface area contributed by atoms with E-state index < -0.39 is 0 Å². The molecule has 0 atom stereocenters. The first-order chi connectivity index (χ1) is 14.2. The van der Waals surface area contributed by atoms with E-state index in [1.807, 2.05) is 36.5 Å². The third-order valence-electron chi connectivity index (χ3n) is 4.75. The number of para-hydroxylation sites is 1. The first-order valence-corrected chi connectivity index (χ1v) is 9.79. The summed E-state index contributed by atoms with van der Waals surface area (Å²) in [6, 6.07) is 18.0. The van der Waals surface area contributed by atoms with Crippen molar-refractivity contribution < 1.29 is 4.79 Å². The van der Waals surface area contributed by atoms with E-state index >= 15 is 0 Å². The van der Waals surface area contributed by atoms with Gasteiger partial charge in [0.1, 0.15) is 0 Å². The summed E-state index contributed by atoms with van der Waals surface area (Å²) < 4.78 is 0. The van der Waals surface area contributed by atoms with E-state index in [1.165, 1.54) is 5.56 Å². The number of carbonyl (C=O) groups excluding carboxylic acids is 1. The molecule has 3 aromatic rings. The smallest absolute Gasteiger partial charge is 0.251 e. The molecule has 0 aliphatic heterocycles. The minimum absolute atomic E-state index is 0.0692. The lowest BCUT2D eigenvalue weighted by Crippen LogP contribution is -2.39. The number of nitrogens with zero attached hydrogens (tertiary/aromatic N) is 2. The summed E-state index contributed by atoms with van der Waals surface area (Å²) in [5.74, 6) is 0.695. The van der Waals surface area contributed by atoms with E-state index in [-0.39, 0.29) is 5.91 Å². The highest BCUT2D eigenvalue weighted by Gasteiger charge is 2.05. The van der Waals surface area contributed by atoms with Crippen LogP contribution in [0.5, 0.6) is 0 Å². The van der Waals surface area contributed by atoms with Gasteiger partial charge in [-0.25, -0.2) is 0 Å². The Hall–Kier alpha value is -3.41. The summed E-state index contributed by atoms with van der Waals surface area (Å²) in [6.07, 6.45) is 3.50. The van der Waals surface area contributed by atoms with Gasteiger partial charge in [0.25, 0.3) is 5.91 Å².